The lowest BCUT2D eigenvalue weighted by atomic mass is 9.93. The molecule has 2 heterocycles. The second kappa shape index (κ2) is 6.26. The fourth-order valence-electron chi connectivity index (χ4n) is 2.79. The molecule has 2 aromatic rings. The number of halogens is 1. The third-order valence-corrected chi connectivity index (χ3v) is 5.00. The molecule has 20 heavy (non-hydrogen) atoms. The summed E-state index contributed by atoms with van der Waals surface area (Å²) in [6, 6.07) is 2.37. The number of aliphatic hydroxyl groups is 1. The van der Waals surface area contributed by atoms with Gasteiger partial charge >= 0.3 is 0 Å². The number of nitrogens with zero attached hydrogens (tertiary/aromatic N) is 2. The Balaban J connectivity index is 1.70. The van der Waals surface area contributed by atoms with Crippen molar-refractivity contribution < 1.29 is 5.11 Å². The average molecular weight is 312 g/mol. The first-order valence-electron chi connectivity index (χ1n) is 6.89. The van der Waals surface area contributed by atoms with E-state index in [0.29, 0.717) is 12.6 Å². The Morgan fingerprint density at radius 1 is 1.55 bits per heavy atom. The summed E-state index contributed by atoms with van der Waals surface area (Å²) in [5, 5.41) is 19.8. The molecule has 0 aliphatic heterocycles. The molecular formula is C14H18ClN3OS. The maximum atomic E-state index is 9.07. The van der Waals surface area contributed by atoms with Gasteiger partial charge in [0.2, 0.25) is 0 Å². The SMILES string of the molecule is OCCn1ncc2c1CCCC2NCc1cc(Cl)cs1. The molecule has 1 aliphatic carbocycles. The summed E-state index contributed by atoms with van der Waals surface area (Å²) < 4.78 is 1.94. The van der Waals surface area contributed by atoms with Crippen LogP contribution in [-0.2, 0) is 19.5 Å². The number of hydrogen-bond donors (Lipinski definition) is 2. The van der Waals surface area contributed by atoms with Crippen molar-refractivity contribution in [3.8, 4) is 0 Å². The Hall–Kier alpha value is -0.880. The lowest BCUT2D eigenvalue weighted by Crippen LogP contribution is -2.25. The predicted molar refractivity (Wildman–Crippen MR) is 81.2 cm³/mol. The molecule has 1 aliphatic rings. The number of rotatable bonds is 5. The molecule has 4 nitrogen and oxygen atoms in total. The summed E-state index contributed by atoms with van der Waals surface area (Å²) in [4.78, 5) is 1.25. The summed E-state index contributed by atoms with van der Waals surface area (Å²) in [6.07, 6.45) is 5.30. The lowest BCUT2D eigenvalue weighted by molar-refractivity contribution is 0.266. The zero-order valence-corrected chi connectivity index (χ0v) is 12.8. The number of thiophene rings is 1. The minimum Gasteiger partial charge on any atom is -0.394 e. The number of fused-ring (bicyclic) bond motifs is 1. The third-order valence-electron chi connectivity index (χ3n) is 3.72. The highest BCUT2D eigenvalue weighted by Gasteiger charge is 2.23. The number of aromatic nitrogens is 2. The standard InChI is InChI=1S/C14H18ClN3OS/c15-10-6-11(20-9-10)7-16-13-2-1-3-14-12(13)8-17-18(14)4-5-19/h6,8-9,13,16,19H,1-5,7H2. The van der Waals surface area contributed by atoms with Crippen LogP contribution in [-0.4, -0.2) is 21.5 Å². The third kappa shape index (κ3) is 2.91. The van der Waals surface area contributed by atoms with Crippen LogP contribution in [0, 0.1) is 0 Å². The van der Waals surface area contributed by atoms with Crippen molar-refractivity contribution in [1.82, 2.24) is 15.1 Å². The first kappa shape index (κ1) is 14.1. The van der Waals surface area contributed by atoms with Crippen LogP contribution in [0.4, 0.5) is 0 Å². The van der Waals surface area contributed by atoms with Crippen molar-refractivity contribution in [3.63, 3.8) is 0 Å². The van der Waals surface area contributed by atoms with E-state index in [-0.39, 0.29) is 6.61 Å². The van der Waals surface area contributed by atoms with Crippen LogP contribution in [0.15, 0.2) is 17.6 Å². The van der Waals surface area contributed by atoms with Gasteiger partial charge in [-0.1, -0.05) is 11.6 Å². The summed E-state index contributed by atoms with van der Waals surface area (Å²) in [5.74, 6) is 0. The molecule has 1 atom stereocenters. The second-order valence-electron chi connectivity index (χ2n) is 5.05. The molecular weight excluding hydrogens is 294 g/mol. The van der Waals surface area contributed by atoms with Crippen LogP contribution in [0.1, 0.15) is 35.0 Å². The molecule has 108 valence electrons. The van der Waals surface area contributed by atoms with Gasteiger partial charge in [-0.15, -0.1) is 11.3 Å². The Bertz CT molecular complexity index is 581. The molecule has 0 saturated carbocycles. The molecule has 0 fully saturated rings. The predicted octanol–water partition coefficient (Wildman–Crippen LogP) is 2.76. The molecule has 0 saturated heterocycles. The van der Waals surface area contributed by atoms with Crippen LogP contribution in [0.5, 0.6) is 0 Å². The van der Waals surface area contributed by atoms with E-state index in [9.17, 15) is 0 Å². The van der Waals surface area contributed by atoms with E-state index >= 15 is 0 Å². The van der Waals surface area contributed by atoms with E-state index in [2.05, 4.69) is 10.4 Å². The van der Waals surface area contributed by atoms with Crippen LogP contribution < -0.4 is 5.32 Å². The fourth-order valence-corrected chi connectivity index (χ4v) is 3.81. The minimum atomic E-state index is 0.139. The highest BCUT2D eigenvalue weighted by Crippen LogP contribution is 2.30. The fraction of sp³-hybridized carbons (Fsp3) is 0.500. The van der Waals surface area contributed by atoms with Gasteiger partial charge in [0.1, 0.15) is 0 Å². The van der Waals surface area contributed by atoms with Gasteiger partial charge in [-0.25, -0.2) is 0 Å². The molecule has 2 aromatic heterocycles. The van der Waals surface area contributed by atoms with Crippen molar-refractivity contribution >= 4 is 22.9 Å². The van der Waals surface area contributed by atoms with E-state index in [1.807, 2.05) is 22.3 Å². The van der Waals surface area contributed by atoms with E-state index < -0.39 is 0 Å². The van der Waals surface area contributed by atoms with Gasteiger partial charge in [-0.3, -0.25) is 4.68 Å². The van der Waals surface area contributed by atoms with E-state index in [0.717, 1.165) is 30.8 Å². The second-order valence-corrected chi connectivity index (χ2v) is 6.48. The Kier molecular flexibility index (Phi) is 4.41. The zero-order chi connectivity index (χ0) is 13.9. The molecule has 0 radical (unpaired) electrons. The van der Waals surface area contributed by atoms with Crippen molar-refractivity contribution in [2.24, 2.45) is 0 Å². The van der Waals surface area contributed by atoms with Gasteiger partial charge in [-0.2, -0.15) is 5.10 Å². The van der Waals surface area contributed by atoms with Crippen molar-refractivity contribution in [3.05, 3.63) is 38.8 Å². The van der Waals surface area contributed by atoms with Gasteiger partial charge in [-0.05, 0) is 25.3 Å². The highest BCUT2D eigenvalue weighted by atomic mass is 35.5. The molecule has 0 bridgehead atoms. The van der Waals surface area contributed by atoms with Crippen molar-refractivity contribution in [2.45, 2.75) is 38.4 Å². The monoisotopic (exact) mass is 311 g/mol. The van der Waals surface area contributed by atoms with Crippen LogP contribution in [0.25, 0.3) is 0 Å². The summed E-state index contributed by atoms with van der Waals surface area (Å²) >= 11 is 7.63. The molecule has 3 rings (SSSR count). The molecule has 0 spiro atoms. The highest BCUT2D eigenvalue weighted by molar-refractivity contribution is 7.10. The summed E-state index contributed by atoms with van der Waals surface area (Å²) in [6.45, 7) is 1.56. The number of nitrogens with one attached hydrogen (secondary N) is 1. The lowest BCUT2D eigenvalue weighted by Gasteiger charge is -2.24. The zero-order valence-electron chi connectivity index (χ0n) is 11.2. The summed E-state index contributed by atoms with van der Waals surface area (Å²) in [5.41, 5.74) is 2.55. The van der Waals surface area contributed by atoms with E-state index in [1.165, 1.54) is 16.1 Å². The first-order valence-corrected chi connectivity index (χ1v) is 8.15. The molecule has 0 aromatic carbocycles. The Morgan fingerprint density at radius 2 is 2.45 bits per heavy atom. The Labute approximate surface area is 127 Å². The average Bonchev–Trinajstić information content (AvgIpc) is 3.04. The van der Waals surface area contributed by atoms with Crippen LogP contribution >= 0.6 is 22.9 Å². The van der Waals surface area contributed by atoms with Crippen LogP contribution in [0.2, 0.25) is 5.02 Å². The quantitative estimate of drug-likeness (QED) is 0.892. The minimum absolute atomic E-state index is 0.139. The largest absolute Gasteiger partial charge is 0.394 e. The molecule has 6 heteroatoms. The van der Waals surface area contributed by atoms with E-state index in [1.54, 1.807) is 11.3 Å². The van der Waals surface area contributed by atoms with Crippen molar-refractivity contribution in [2.75, 3.05) is 6.61 Å². The topological polar surface area (TPSA) is 50.1 Å². The van der Waals surface area contributed by atoms with Gasteiger partial charge < -0.3 is 10.4 Å². The van der Waals surface area contributed by atoms with Gasteiger partial charge in [0.15, 0.2) is 0 Å². The van der Waals surface area contributed by atoms with Crippen LogP contribution in [0.3, 0.4) is 0 Å². The number of aliphatic hydroxyl groups excluding tert-OH is 1. The van der Waals surface area contributed by atoms with Gasteiger partial charge in [0.05, 0.1) is 24.4 Å². The van der Waals surface area contributed by atoms with Crippen molar-refractivity contribution in [1.29, 1.82) is 0 Å². The maximum Gasteiger partial charge on any atom is 0.0644 e. The smallest absolute Gasteiger partial charge is 0.0644 e. The maximum absolute atomic E-state index is 9.07. The van der Waals surface area contributed by atoms with E-state index in [4.69, 9.17) is 16.7 Å². The summed E-state index contributed by atoms with van der Waals surface area (Å²) in [7, 11) is 0. The normalized spacial score (nSPS) is 18.2. The first-order chi connectivity index (χ1) is 9.78. The number of hydrogen-bond acceptors (Lipinski definition) is 4. The molecule has 2 N–H and O–H groups in total. The Morgan fingerprint density at radius 3 is 3.20 bits per heavy atom. The molecule has 1 unspecified atom stereocenters. The molecule has 0 amide bonds. The van der Waals surface area contributed by atoms with Gasteiger partial charge in [0.25, 0.3) is 0 Å². The van der Waals surface area contributed by atoms with Gasteiger partial charge in [0, 0.05) is 34.1 Å².